The lowest BCUT2D eigenvalue weighted by atomic mass is 10.1. The van der Waals surface area contributed by atoms with Crippen molar-refractivity contribution in [2.75, 3.05) is 32.9 Å². The summed E-state index contributed by atoms with van der Waals surface area (Å²) in [7, 11) is 0. The lowest BCUT2D eigenvalue weighted by molar-refractivity contribution is 0.170. The maximum atomic E-state index is 9.32. The summed E-state index contributed by atoms with van der Waals surface area (Å²) in [6.45, 7) is 7.50. The Bertz CT molecular complexity index is 575. The maximum Gasteiger partial charge on any atom is 0.218 e. The summed E-state index contributed by atoms with van der Waals surface area (Å²) in [4.78, 5) is 11.3. The Hall–Kier alpha value is -1.66. The van der Waals surface area contributed by atoms with Crippen LogP contribution in [0.3, 0.4) is 0 Å². The van der Waals surface area contributed by atoms with Crippen molar-refractivity contribution in [1.82, 2.24) is 9.88 Å². The van der Waals surface area contributed by atoms with Gasteiger partial charge >= 0.3 is 0 Å². The van der Waals surface area contributed by atoms with Gasteiger partial charge in [-0.1, -0.05) is 0 Å². The van der Waals surface area contributed by atoms with Crippen LogP contribution in [0.4, 0.5) is 0 Å². The third-order valence-corrected chi connectivity index (χ3v) is 4.75. The zero-order valence-corrected chi connectivity index (χ0v) is 14.6. The molecule has 6 heteroatoms. The van der Waals surface area contributed by atoms with Gasteiger partial charge in [0.1, 0.15) is 12.1 Å². The second kappa shape index (κ2) is 7.49. The molecular weight excluding hydrogens is 306 g/mol. The summed E-state index contributed by atoms with van der Waals surface area (Å²) < 4.78 is 11.3. The molecule has 1 fully saturated rings. The van der Waals surface area contributed by atoms with Crippen molar-refractivity contribution in [3.8, 4) is 5.88 Å². The monoisotopic (exact) mass is 333 g/mol. The minimum atomic E-state index is -0.544. The molecule has 0 aromatic carbocycles. The molecule has 0 saturated carbocycles. The highest BCUT2D eigenvalue weighted by atomic mass is 16.5. The third kappa shape index (κ3) is 4.05. The second-order valence-electron chi connectivity index (χ2n) is 6.98. The lowest BCUT2D eigenvalue weighted by Gasteiger charge is -2.20. The number of hydrogen-bond acceptors (Lipinski definition) is 6. The molecule has 1 aromatic heterocycles. The summed E-state index contributed by atoms with van der Waals surface area (Å²) in [5.41, 5.74) is 0.266. The highest BCUT2D eigenvalue weighted by Gasteiger charge is 2.31. The van der Waals surface area contributed by atoms with Gasteiger partial charge in [-0.05, 0) is 45.7 Å². The first-order valence-corrected chi connectivity index (χ1v) is 8.76. The Morgan fingerprint density at radius 3 is 2.96 bits per heavy atom. The Balaban J connectivity index is 1.46. The summed E-state index contributed by atoms with van der Waals surface area (Å²) in [5.74, 6) is 1.16. The average molecular weight is 333 g/mol. The predicted octanol–water partition coefficient (Wildman–Crippen LogP) is 1.86. The number of nitrogens with zero attached hydrogens (tertiary/aromatic N) is 3. The first kappa shape index (κ1) is 17.2. The summed E-state index contributed by atoms with van der Waals surface area (Å²) in [5, 5.41) is 9.32. The maximum absolute atomic E-state index is 9.32. The number of likely N-dealkylation sites (tertiary alicyclic amines) is 1. The zero-order chi connectivity index (χ0) is 17.0. The average Bonchev–Trinajstić information content (AvgIpc) is 3.19. The number of aliphatic imine (C=N–C) groups is 1. The van der Waals surface area contributed by atoms with Gasteiger partial charge in [-0.3, -0.25) is 0 Å². The largest absolute Gasteiger partial charge is 0.478 e. The Labute approximate surface area is 143 Å². The number of rotatable bonds is 7. The molecular formula is C18H27N3O3. The van der Waals surface area contributed by atoms with E-state index in [2.05, 4.69) is 21.8 Å². The fourth-order valence-corrected chi connectivity index (χ4v) is 3.12. The molecule has 2 unspecified atom stereocenters. The van der Waals surface area contributed by atoms with Crippen LogP contribution in [0.2, 0.25) is 0 Å². The van der Waals surface area contributed by atoms with E-state index in [1.807, 2.05) is 19.1 Å². The molecule has 6 nitrogen and oxygen atoms in total. The standard InChI is InChI=1S/C18H27N3O3/c1-14-5-3-8-21(14)9-4-10-23-16-7-6-15(11-19-16)17-20-18(2,12-22)13-24-17/h6-7,11,14,22H,3-5,8-10,12-13H2,1-2H3. The van der Waals surface area contributed by atoms with E-state index in [1.54, 1.807) is 6.20 Å². The number of aliphatic hydroxyl groups is 1. The van der Waals surface area contributed by atoms with E-state index >= 15 is 0 Å². The quantitative estimate of drug-likeness (QED) is 0.772. The number of aliphatic hydroxyl groups excluding tert-OH is 1. The fraction of sp³-hybridized carbons (Fsp3) is 0.667. The SMILES string of the molecule is CC1CCCN1CCCOc1ccc(C2=NC(C)(CO)CO2)cn1. The molecule has 3 rings (SSSR count). The van der Waals surface area contributed by atoms with Gasteiger partial charge in [0, 0.05) is 24.8 Å². The Morgan fingerprint density at radius 1 is 1.46 bits per heavy atom. The van der Waals surface area contributed by atoms with Gasteiger partial charge < -0.3 is 19.5 Å². The van der Waals surface area contributed by atoms with Gasteiger partial charge in [0.05, 0.1) is 18.8 Å². The van der Waals surface area contributed by atoms with Gasteiger partial charge in [0.25, 0.3) is 0 Å². The van der Waals surface area contributed by atoms with Crippen molar-refractivity contribution in [2.45, 2.75) is 44.7 Å². The first-order chi connectivity index (χ1) is 11.6. The van der Waals surface area contributed by atoms with Gasteiger partial charge in [-0.25, -0.2) is 9.98 Å². The van der Waals surface area contributed by atoms with Crippen LogP contribution >= 0.6 is 0 Å². The molecule has 2 aliphatic heterocycles. The number of aromatic nitrogens is 1. The molecule has 1 saturated heterocycles. The van der Waals surface area contributed by atoms with E-state index in [-0.39, 0.29) is 6.61 Å². The molecule has 24 heavy (non-hydrogen) atoms. The van der Waals surface area contributed by atoms with Crippen molar-refractivity contribution in [3.63, 3.8) is 0 Å². The van der Waals surface area contributed by atoms with Crippen LogP contribution in [-0.2, 0) is 4.74 Å². The summed E-state index contributed by atoms with van der Waals surface area (Å²) in [6, 6.07) is 4.44. The molecule has 1 N–H and O–H groups in total. The van der Waals surface area contributed by atoms with E-state index in [9.17, 15) is 5.11 Å². The van der Waals surface area contributed by atoms with Gasteiger partial charge in [-0.15, -0.1) is 0 Å². The number of ether oxygens (including phenoxy) is 2. The second-order valence-corrected chi connectivity index (χ2v) is 6.98. The van der Waals surface area contributed by atoms with E-state index in [0.717, 1.165) is 18.5 Å². The van der Waals surface area contributed by atoms with Crippen LogP contribution in [0.1, 0.15) is 38.7 Å². The normalized spacial score (nSPS) is 27.1. The van der Waals surface area contributed by atoms with E-state index in [4.69, 9.17) is 9.47 Å². The predicted molar refractivity (Wildman–Crippen MR) is 92.6 cm³/mol. The molecule has 0 amide bonds. The number of pyridine rings is 1. The number of hydrogen-bond donors (Lipinski definition) is 1. The third-order valence-electron chi connectivity index (χ3n) is 4.75. The molecule has 2 atom stereocenters. The highest BCUT2D eigenvalue weighted by Crippen LogP contribution is 2.21. The Morgan fingerprint density at radius 2 is 2.33 bits per heavy atom. The molecule has 132 valence electrons. The topological polar surface area (TPSA) is 67.2 Å². The molecule has 0 spiro atoms. The zero-order valence-electron chi connectivity index (χ0n) is 14.6. The van der Waals surface area contributed by atoms with Crippen molar-refractivity contribution in [1.29, 1.82) is 0 Å². The van der Waals surface area contributed by atoms with Crippen molar-refractivity contribution >= 4 is 5.90 Å². The first-order valence-electron chi connectivity index (χ1n) is 8.76. The van der Waals surface area contributed by atoms with Crippen LogP contribution in [0, 0.1) is 0 Å². The smallest absolute Gasteiger partial charge is 0.218 e. The van der Waals surface area contributed by atoms with E-state index < -0.39 is 5.54 Å². The van der Waals surface area contributed by atoms with E-state index in [1.165, 1.54) is 19.4 Å². The van der Waals surface area contributed by atoms with Gasteiger partial charge in [0.2, 0.25) is 11.8 Å². The van der Waals surface area contributed by atoms with Crippen LogP contribution in [-0.4, -0.2) is 65.4 Å². The highest BCUT2D eigenvalue weighted by molar-refractivity contribution is 5.95. The molecule has 3 heterocycles. The molecule has 0 aliphatic carbocycles. The van der Waals surface area contributed by atoms with Crippen molar-refractivity contribution < 1.29 is 14.6 Å². The van der Waals surface area contributed by atoms with Crippen molar-refractivity contribution in [3.05, 3.63) is 23.9 Å². The van der Waals surface area contributed by atoms with Crippen LogP contribution < -0.4 is 4.74 Å². The van der Waals surface area contributed by atoms with Gasteiger partial charge in [0.15, 0.2) is 0 Å². The Kier molecular flexibility index (Phi) is 5.36. The minimum Gasteiger partial charge on any atom is -0.478 e. The van der Waals surface area contributed by atoms with Crippen LogP contribution in [0.25, 0.3) is 0 Å². The summed E-state index contributed by atoms with van der Waals surface area (Å²) in [6.07, 6.45) is 5.34. The molecule has 2 aliphatic rings. The molecule has 0 bridgehead atoms. The van der Waals surface area contributed by atoms with Crippen LogP contribution in [0.5, 0.6) is 5.88 Å². The van der Waals surface area contributed by atoms with Crippen LogP contribution in [0.15, 0.2) is 23.3 Å². The van der Waals surface area contributed by atoms with Gasteiger partial charge in [-0.2, -0.15) is 0 Å². The summed E-state index contributed by atoms with van der Waals surface area (Å²) >= 11 is 0. The minimum absolute atomic E-state index is 0.0270. The fourth-order valence-electron chi connectivity index (χ4n) is 3.12. The molecule has 0 radical (unpaired) electrons. The van der Waals surface area contributed by atoms with Crippen molar-refractivity contribution in [2.24, 2.45) is 4.99 Å². The molecule has 1 aromatic rings. The van der Waals surface area contributed by atoms with E-state index in [0.29, 0.717) is 31.0 Å². The lowest BCUT2D eigenvalue weighted by Crippen LogP contribution is -2.28.